The molecular weight excluding hydrogens is 500 g/mol. The summed E-state index contributed by atoms with van der Waals surface area (Å²) in [6.45, 7) is 4.50. The molecule has 2 aromatic carbocycles. The second-order valence-electron chi connectivity index (χ2n) is 9.47. The molecule has 0 bridgehead atoms. The Morgan fingerprint density at radius 3 is 2.38 bits per heavy atom. The maximum absolute atomic E-state index is 13.5. The van der Waals surface area contributed by atoms with Gasteiger partial charge < -0.3 is 29.7 Å². The minimum Gasteiger partial charge on any atom is -0.508 e. The lowest BCUT2D eigenvalue weighted by Gasteiger charge is -2.30. The highest BCUT2D eigenvalue weighted by atomic mass is 32.2. The molecule has 1 amide bonds. The van der Waals surface area contributed by atoms with Crippen molar-refractivity contribution < 1.29 is 37.6 Å². The minimum absolute atomic E-state index is 0.0175. The van der Waals surface area contributed by atoms with Gasteiger partial charge >= 0.3 is 6.09 Å². The van der Waals surface area contributed by atoms with E-state index < -0.39 is 28.3 Å². The number of ether oxygens (including phenoxy) is 3. The largest absolute Gasteiger partial charge is 0.508 e. The van der Waals surface area contributed by atoms with E-state index in [2.05, 4.69) is 5.32 Å². The lowest BCUT2D eigenvalue weighted by atomic mass is 10.0. The number of carbonyl (C=O) groups is 1. The molecule has 1 fully saturated rings. The number of nitrogens with one attached hydrogen (secondary N) is 1. The summed E-state index contributed by atoms with van der Waals surface area (Å²) in [4.78, 5) is 12.7. The SMILES string of the molecule is COc1ccc(S(=O)(=O)N(CC(C)C)C[C@@H](O)[C@H](Cc2ccc(O)cc2)NC(=O)O[C@H]2CCOC2)cc1. The van der Waals surface area contributed by atoms with Crippen molar-refractivity contribution in [2.75, 3.05) is 33.4 Å². The number of hydrogen-bond donors (Lipinski definition) is 3. The summed E-state index contributed by atoms with van der Waals surface area (Å²) < 4.78 is 44.0. The van der Waals surface area contributed by atoms with Gasteiger partial charge in [0.25, 0.3) is 0 Å². The van der Waals surface area contributed by atoms with Crippen LogP contribution in [0.4, 0.5) is 4.79 Å². The minimum atomic E-state index is -3.95. The number of amides is 1. The van der Waals surface area contributed by atoms with Crippen molar-refractivity contribution in [3.05, 3.63) is 54.1 Å². The Morgan fingerprint density at radius 1 is 1.14 bits per heavy atom. The first-order chi connectivity index (χ1) is 17.6. The molecule has 3 N–H and O–H groups in total. The van der Waals surface area contributed by atoms with E-state index in [1.54, 1.807) is 24.3 Å². The topological polar surface area (TPSA) is 135 Å². The first kappa shape index (κ1) is 28.7. The molecule has 10 nitrogen and oxygen atoms in total. The van der Waals surface area contributed by atoms with Crippen LogP contribution >= 0.6 is 0 Å². The number of phenolic OH excluding ortho intramolecular Hbond substituents is 1. The summed E-state index contributed by atoms with van der Waals surface area (Å²) in [5.41, 5.74) is 0.736. The number of rotatable bonds is 12. The number of hydrogen-bond acceptors (Lipinski definition) is 8. The average molecular weight is 537 g/mol. The Morgan fingerprint density at radius 2 is 1.81 bits per heavy atom. The molecule has 37 heavy (non-hydrogen) atoms. The van der Waals surface area contributed by atoms with Crippen LogP contribution in [0.3, 0.4) is 0 Å². The summed E-state index contributed by atoms with van der Waals surface area (Å²) in [5.74, 6) is 0.595. The standard InChI is InChI=1S/C26H36N2O8S/c1-18(2)15-28(37(32,33)23-10-8-21(34-3)9-11-23)16-25(30)24(14-19-4-6-20(29)7-5-19)27-26(31)36-22-12-13-35-17-22/h4-11,18,22,24-25,29-30H,12-17H2,1-3H3,(H,27,31)/t22-,24-,25+/m0/s1. The molecule has 2 aromatic rings. The zero-order valence-electron chi connectivity index (χ0n) is 21.4. The van der Waals surface area contributed by atoms with Gasteiger partial charge in [0.2, 0.25) is 10.0 Å². The Kier molecular flexibility index (Phi) is 10.2. The first-order valence-electron chi connectivity index (χ1n) is 12.2. The van der Waals surface area contributed by atoms with Crippen molar-refractivity contribution in [2.45, 2.75) is 49.8 Å². The summed E-state index contributed by atoms with van der Waals surface area (Å²) >= 11 is 0. The number of aliphatic hydroxyl groups is 1. The third-order valence-electron chi connectivity index (χ3n) is 5.98. The van der Waals surface area contributed by atoms with Crippen molar-refractivity contribution in [3.8, 4) is 11.5 Å². The highest BCUT2D eigenvalue weighted by Gasteiger charge is 2.32. The molecule has 3 rings (SSSR count). The van der Waals surface area contributed by atoms with Gasteiger partial charge in [-0.3, -0.25) is 0 Å². The van der Waals surface area contributed by atoms with Gasteiger partial charge in [-0.05, 0) is 54.3 Å². The van der Waals surface area contributed by atoms with Crippen LogP contribution in [0, 0.1) is 5.92 Å². The number of methoxy groups -OCH3 is 1. The number of sulfonamides is 1. The van der Waals surface area contributed by atoms with E-state index in [1.165, 1.54) is 35.7 Å². The van der Waals surface area contributed by atoms with Crippen molar-refractivity contribution in [3.63, 3.8) is 0 Å². The molecule has 3 atom stereocenters. The summed E-state index contributed by atoms with van der Waals surface area (Å²) in [7, 11) is -2.45. The van der Waals surface area contributed by atoms with Crippen LogP contribution in [0.2, 0.25) is 0 Å². The lowest BCUT2D eigenvalue weighted by molar-refractivity contribution is 0.0644. The highest BCUT2D eigenvalue weighted by molar-refractivity contribution is 7.89. The fraction of sp³-hybridized carbons (Fsp3) is 0.500. The first-order valence-corrected chi connectivity index (χ1v) is 13.7. The van der Waals surface area contributed by atoms with E-state index in [-0.39, 0.29) is 42.2 Å². The molecule has 0 saturated carbocycles. The monoisotopic (exact) mass is 536 g/mol. The van der Waals surface area contributed by atoms with Crippen LogP contribution in [0.5, 0.6) is 11.5 Å². The predicted octanol–water partition coefficient (Wildman–Crippen LogP) is 2.53. The quantitative estimate of drug-likeness (QED) is 0.377. The van der Waals surface area contributed by atoms with Crippen molar-refractivity contribution >= 4 is 16.1 Å². The van der Waals surface area contributed by atoms with E-state index >= 15 is 0 Å². The van der Waals surface area contributed by atoms with Gasteiger partial charge in [-0.15, -0.1) is 0 Å². The number of phenols is 1. The second kappa shape index (κ2) is 13.1. The van der Waals surface area contributed by atoms with Crippen LogP contribution in [-0.4, -0.2) is 80.7 Å². The van der Waals surface area contributed by atoms with Gasteiger partial charge in [0.15, 0.2) is 0 Å². The zero-order chi connectivity index (χ0) is 27.0. The van der Waals surface area contributed by atoms with Gasteiger partial charge in [-0.2, -0.15) is 4.31 Å². The van der Waals surface area contributed by atoms with Gasteiger partial charge in [0, 0.05) is 19.5 Å². The number of nitrogens with zero attached hydrogens (tertiary/aromatic N) is 1. The molecule has 1 aliphatic heterocycles. The lowest BCUT2D eigenvalue weighted by Crippen LogP contribution is -2.51. The molecule has 1 aliphatic rings. The van der Waals surface area contributed by atoms with Crippen LogP contribution in [0.15, 0.2) is 53.4 Å². The molecule has 0 aromatic heterocycles. The molecule has 204 valence electrons. The smallest absolute Gasteiger partial charge is 0.407 e. The number of benzene rings is 2. The summed E-state index contributed by atoms with van der Waals surface area (Å²) in [6.07, 6.45) is -1.57. The average Bonchev–Trinajstić information content (AvgIpc) is 3.37. The van der Waals surface area contributed by atoms with Gasteiger partial charge in [0.1, 0.15) is 17.6 Å². The van der Waals surface area contributed by atoms with E-state index in [0.29, 0.717) is 25.4 Å². The number of carbonyl (C=O) groups excluding carboxylic acids is 1. The molecule has 11 heteroatoms. The van der Waals surface area contributed by atoms with Crippen molar-refractivity contribution in [1.82, 2.24) is 9.62 Å². The Hall–Kier alpha value is -2.86. The molecule has 0 aliphatic carbocycles. The maximum atomic E-state index is 13.5. The molecule has 0 radical (unpaired) electrons. The third-order valence-corrected chi connectivity index (χ3v) is 7.82. The van der Waals surface area contributed by atoms with E-state index in [9.17, 15) is 23.4 Å². The third kappa shape index (κ3) is 8.32. The predicted molar refractivity (Wildman–Crippen MR) is 137 cm³/mol. The van der Waals surface area contributed by atoms with E-state index in [1.807, 2.05) is 13.8 Å². The summed E-state index contributed by atoms with van der Waals surface area (Å²) in [5, 5.41) is 23.6. The van der Waals surface area contributed by atoms with Gasteiger partial charge in [0.05, 0.1) is 37.4 Å². The normalized spacial score (nSPS) is 17.5. The van der Waals surface area contributed by atoms with Crippen LogP contribution in [0.1, 0.15) is 25.8 Å². The Labute approximate surface area is 218 Å². The number of alkyl carbamates (subject to hydrolysis) is 1. The maximum Gasteiger partial charge on any atom is 0.407 e. The Balaban J connectivity index is 1.81. The Bertz CT molecular complexity index is 1100. The van der Waals surface area contributed by atoms with Crippen LogP contribution in [0.25, 0.3) is 0 Å². The van der Waals surface area contributed by atoms with Crippen molar-refractivity contribution in [2.24, 2.45) is 5.92 Å². The molecule has 1 heterocycles. The van der Waals surface area contributed by atoms with Crippen LogP contribution < -0.4 is 10.1 Å². The highest BCUT2D eigenvalue weighted by Crippen LogP contribution is 2.22. The molecule has 0 unspecified atom stereocenters. The number of aliphatic hydroxyl groups excluding tert-OH is 1. The van der Waals surface area contributed by atoms with E-state index in [0.717, 1.165) is 5.56 Å². The number of aromatic hydroxyl groups is 1. The van der Waals surface area contributed by atoms with Gasteiger partial charge in [-0.25, -0.2) is 13.2 Å². The van der Waals surface area contributed by atoms with Gasteiger partial charge in [-0.1, -0.05) is 26.0 Å². The summed E-state index contributed by atoms with van der Waals surface area (Å²) in [6, 6.07) is 11.5. The van der Waals surface area contributed by atoms with Crippen molar-refractivity contribution in [1.29, 1.82) is 0 Å². The fourth-order valence-corrected chi connectivity index (χ4v) is 5.64. The second-order valence-corrected chi connectivity index (χ2v) is 11.4. The fourth-order valence-electron chi connectivity index (χ4n) is 4.02. The molecule has 1 saturated heterocycles. The molecule has 0 spiro atoms. The van der Waals surface area contributed by atoms with Crippen LogP contribution in [-0.2, 0) is 25.9 Å². The zero-order valence-corrected chi connectivity index (χ0v) is 22.2. The van der Waals surface area contributed by atoms with E-state index in [4.69, 9.17) is 14.2 Å². The molecular formula is C26H36N2O8S.